The first-order valence-corrected chi connectivity index (χ1v) is 5.20. The number of hydrogen-bond acceptors (Lipinski definition) is 2. The highest BCUT2D eigenvalue weighted by molar-refractivity contribution is 5.79. The molecule has 0 radical (unpaired) electrons. The van der Waals surface area contributed by atoms with E-state index in [0.29, 0.717) is 0 Å². The van der Waals surface area contributed by atoms with Gasteiger partial charge in [0.15, 0.2) is 0 Å². The Morgan fingerprint density at radius 3 is 2.19 bits per heavy atom. The lowest BCUT2D eigenvalue weighted by atomic mass is 9.94. The van der Waals surface area contributed by atoms with Crippen LogP contribution in [0.2, 0.25) is 0 Å². The van der Waals surface area contributed by atoms with Crippen LogP contribution < -0.4 is 5.73 Å². The molecule has 0 fully saturated rings. The van der Waals surface area contributed by atoms with Crippen molar-refractivity contribution in [2.45, 2.75) is 26.4 Å². The van der Waals surface area contributed by atoms with E-state index in [2.05, 4.69) is 0 Å². The van der Waals surface area contributed by atoms with E-state index in [1.165, 1.54) is 7.05 Å². The molecule has 0 bridgehead atoms. The summed E-state index contributed by atoms with van der Waals surface area (Å²) in [6.45, 7) is 3.50. The number of halogens is 3. The van der Waals surface area contributed by atoms with E-state index >= 15 is 0 Å². The Bertz CT molecular complexity index is 229. The fourth-order valence-electron chi connectivity index (χ4n) is 1.35. The zero-order valence-electron chi connectivity index (χ0n) is 9.84. The summed E-state index contributed by atoms with van der Waals surface area (Å²) in [6.07, 6.45) is -5.21. The molecule has 2 N–H and O–H groups in total. The predicted octanol–water partition coefficient (Wildman–Crippen LogP) is 1.63. The maximum atomic E-state index is 12.0. The van der Waals surface area contributed by atoms with Crippen molar-refractivity contribution in [3.05, 3.63) is 0 Å². The number of hydrogen-bond donors (Lipinski definition) is 1. The van der Waals surface area contributed by atoms with E-state index in [9.17, 15) is 18.0 Å². The van der Waals surface area contributed by atoms with Crippen LogP contribution in [-0.2, 0) is 4.79 Å². The van der Waals surface area contributed by atoms with Crippen LogP contribution in [0.1, 0.15) is 20.3 Å². The first-order valence-electron chi connectivity index (χ1n) is 5.20. The van der Waals surface area contributed by atoms with Gasteiger partial charge >= 0.3 is 6.18 Å². The highest BCUT2D eigenvalue weighted by atomic mass is 19.4. The Morgan fingerprint density at radius 1 is 1.38 bits per heavy atom. The van der Waals surface area contributed by atoms with Crippen molar-refractivity contribution >= 4 is 5.91 Å². The SMILES string of the molecule is CC(C)C(CN)C(=O)N(C)CCC(F)(F)F. The molecule has 0 aliphatic heterocycles. The second-order valence-corrected chi connectivity index (χ2v) is 4.21. The van der Waals surface area contributed by atoms with Crippen LogP contribution >= 0.6 is 0 Å². The van der Waals surface area contributed by atoms with Crippen molar-refractivity contribution in [3.63, 3.8) is 0 Å². The molecule has 0 aliphatic carbocycles. The van der Waals surface area contributed by atoms with Gasteiger partial charge in [-0.05, 0) is 5.92 Å². The van der Waals surface area contributed by atoms with Gasteiger partial charge in [-0.25, -0.2) is 0 Å². The Morgan fingerprint density at radius 2 is 1.88 bits per heavy atom. The summed E-state index contributed by atoms with van der Waals surface area (Å²) >= 11 is 0. The van der Waals surface area contributed by atoms with Crippen molar-refractivity contribution in [2.24, 2.45) is 17.6 Å². The molecule has 0 spiro atoms. The maximum absolute atomic E-state index is 12.0. The molecule has 0 rings (SSSR count). The molecule has 0 aliphatic rings. The van der Waals surface area contributed by atoms with Crippen LogP contribution in [0.3, 0.4) is 0 Å². The second kappa shape index (κ2) is 6.08. The van der Waals surface area contributed by atoms with Crippen LogP contribution in [0.15, 0.2) is 0 Å². The van der Waals surface area contributed by atoms with Gasteiger partial charge in [0.1, 0.15) is 0 Å². The molecular formula is C10H19F3N2O. The summed E-state index contributed by atoms with van der Waals surface area (Å²) in [5.41, 5.74) is 5.42. The van der Waals surface area contributed by atoms with Crippen LogP contribution in [0, 0.1) is 11.8 Å². The zero-order valence-corrected chi connectivity index (χ0v) is 9.84. The summed E-state index contributed by atoms with van der Waals surface area (Å²) in [5, 5.41) is 0. The van der Waals surface area contributed by atoms with Gasteiger partial charge in [-0.1, -0.05) is 13.8 Å². The normalized spacial score (nSPS) is 14.0. The predicted molar refractivity (Wildman–Crippen MR) is 55.7 cm³/mol. The number of nitrogens with two attached hydrogens (primary N) is 1. The van der Waals surface area contributed by atoms with E-state index < -0.39 is 18.5 Å². The average Bonchev–Trinajstić information content (AvgIpc) is 2.13. The third-order valence-electron chi connectivity index (χ3n) is 2.48. The number of amides is 1. The molecular weight excluding hydrogens is 221 g/mol. The third kappa shape index (κ3) is 5.34. The first kappa shape index (κ1) is 15.2. The lowest BCUT2D eigenvalue weighted by Gasteiger charge is -2.25. The molecule has 1 amide bonds. The molecule has 0 aromatic rings. The van der Waals surface area contributed by atoms with Gasteiger partial charge in [0.25, 0.3) is 0 Å². The third-order valence-corrected chi connectivity index (χ3v) is 2.48. The monoisotopic (exact) mass is 240 g/mol. The van der Waals surface area contributed by atoms with Crippen LogP contribution in [0.5, 0.6) is 0 Å². The Balaban J connectivity index is 4.27. The maximum Gasteiger partial charge on any atom is 0.390 e. The summed E-state index contributed by atoms with van der Waals surface area (Å²) in [5.74, 6) is -0.689. The molecule has 0 aromatic heterocycles. The summed E-state index contributed by atoms with van der Waals surface area (Å²) in [6, 6.07) is 0. The van der Waals surface area contributed by atoms with E-state index in [4.69, 9.17) is 5.73 Å². The minimum atomic E-state index is -4.23. The highest BCUT2D eigenvalue weighted by Gasteiger charge is 2.30. The molecule has 16 heavy (non-hydrogen) atoms. The molecule has 0 heterocycles. The van der Waals surface area contributed by atoms with Crippen molar-refractivity contribution in [1.82, 2.24) is 4.90 Å². The molecule has 96 valence electrons. The Hall–Kier alpha value is -0.780. The lowest BCUT2D eigenvalue weighted by Crippen LogP contribution is -2.40. The molecule has 0 saturated carbocycles. The largest absolute Gasteiger partial charge is 0.390 e. The fourth-order valence-corrected chi connectivity index (χ4v) is 1.35. The van der Waals surface area contributed by atoms with Gasteiger partial charge in [-0.15, -0.1) is 0 Å². The zero-order chi connectivity index (χ0) is 12.9. The van der Waals surface area contributed by atoms with Gasteiger partial charge in [0.2, 0.25) is 5.91 Å². The number of carbonyl (C=O) groups is 1. The average molecular weight is 240 g/mol. The molecule has 1 atom stereocenters. The molecule has 6 heteroatoms. The molecule has 0 saturated heterocycles. The van der Waals surface area contributed by atoms with Gasteiger partial charge in [-0.2, -0.15) is 13.2 Å². The highest BCUT2D eigenvalue weighted by Crippen LogP contribution is 2.20. The molecule has 1 unspecified atom stereocenters. The van der Waals surface area contributed by atoms with Crippen molar-refractivity contribution in [3.8, 4) is 0 Å². The second-order valence-electron chi connectivity index (χ2n) is 4.21. The summed E-state index contributed by atoms with van der Waals surface area (Å²) in [7, 11) is 1.37. The van der Waals surface area contributed by atoms with E-state index in [0.717, 1.165) is 4.90 Å². The standard InChI is InChI=1S/C10H19F3N2O/c1-7(2)8(6-14)9(16)15(3)5-4-10(11,12)13/h7-8H,4-6,14H2,1-3H3. The summed E-state index contributed by atoms with van der Waals surface area (Å²) < 4.78 is 35.9. The van der Waals surface area contributed by atoms with Crippen LogP contribution in [-0.4, -0.2) is 37.1 Å². The Labute approximate surface area is 93.8 Å². The molecule has 0 aromatic carbocycles. The van der Waals surface area contributed by atoms with Crippen molar-refractivity contribution < 1.29 is 18.0 Å². The van der Waals surface area contributed by atoms with E-state index in [-0.39, 0.29) is 24.9 Å². The lowest BCUT2D eigenvalue weighted by molar-refractivity contribution is -0.146. The Kier molecular flexibility index (Phi) is 5.78. The van der Waals surface area contributed by atoms with Gasteiger partial charge in [0, 0.05) is 20.1 Å². The number of rotatable bonds is 5. The van der Waals surface area contributed by atoms with Crippen LogP contribution in [0.4, 0.5) is 13.2 Å². The number of carbonyl (C=O) groups excluding carboxylic acids is 1. The number of alkyl halides is 3. The number of nitrogens with zero attached hydrogens (tertiary/aromatic N) is 1. The molecule has 3 nitrogen and oxygen atoms in total. The smallest absolute Gasteiger partial charge is 0.345 e. The quantitative estimate of drug-likeness (QED) is 0.794. The van der Waals surface area contributed by atoms with Crippen molar-refractivity contribution in [1.29, 1.82) is 0 Å². The summed E-state index contributed by atoms with van der Waals surface area (Å²) in [4.78, 5) is 12.8. The minimum absolute atomic E-state index is 0.0332. The van der Waals surface area contributed by atoms with Gasteiger partial charge in [0.05, 0.1) is 12.3 Å². The topological polar surface area (TPSA) is 46.3 Å². The first-order chi connectivity index (χ1) is 7.19. The van der Waals surface area contributed by atoms with Crippen molar-refractivity contribution in [2.75, 3.05) is 20.1 Å². The van der Waals surface area contributed by atoms with Crippen LogP contribution in [0.25, 0.3) is 0 Å². The van der Waals surface area contributed by atoms with Gasteiger partial charge in [-0.3, -0.25) is 4.79 Å². The van der Waals surface area contributed by atoms with E-state index in [1.54, 1.807) is 0 Å². The minimum Gasteiger partial charge on any atom is -0.345 e. The van der Waals surface area contributed by atoms with E-state index in [1.807, 2.05) is 13.8 Å². The van der Waals surface area contributed by atoms with Gasteiger partial charge < -0.3 is 10.6 Å². The fraction of sp³-hybridized carbons (Fsp3) is 0.900.